The minimum atomic E-state index is 0.975. The van der Waals surface area contributed by atoms with Crippen molar-refractivity contribution in [3.63, 3.8) is 0 Å². The zero-order valence-corrected chi connectivity index (χ0v) is 10.8. The first-order chi connectivity index (χ1) is 8.93. The first-order valence-electron chi connectivity index (χ1n) is 6.30. The molecule has 1 N–H and O–H groups in total. The Balaban J connectivity index is 1.97. The van der Waals surface area contributed by atoms with Crippen LogP contribution >= 0.6 is 11.8 Å². The van der Waals surface area contributed by atoms with Gasteiger partial charge in [0.1, 0.15) is 0 Å². The standard InChI is InChI=1S/C15H14N2S/c1-2-6-13-12(5-1)17-9-8-16-10-11-4-3-7-14(18-13)15(11)17/h1-7,16H,8-10H2. The third kappa shape index (κ3) is 1.48. The molecule has 0 bridgehead atoms. The molecular weight excluding hydrogens is 240 g/mol. The predicted molar refractivity (Wildman–Crippen MR) is 75.7 cm³/mol. The number of para-hydroxylation sites is 2. The Morgan fingerprint density at radius 3 is 2.89 bits per heavy atom. The minimum absolute atomic E-state index is 0.975. The van der Waals surface area contributed by atoms with Gasteiger partial charge in [0.2, 0.25) is 0 Å². The number of anilines is 2. The monoisotopic (exact) mass is 254 g/mol. The van der Waals surface area contributed by atoms with Gasteiger partial charge in [0.05, 0.1) is 11.4 Å². The largest absolute Gasteiger partial charge is 0.338 e. The van der Waals surface area contributed by atoms with E-state index in [2.05, 4.69) is 52.7 Å². The highest BCUT2D eigenvalue weighted by atomic mass is 32.2. The van der Waals surface area contributed by atoms with Crippen molar-refractivity contribution >= 4 is 23.1 Å². The second-order valence-corrected chi connectivity index (χ2v) is 5.75. The number of nitrogens with zero attached hydrogens (tertiary/aromatic N) is 1. The highest BCUT2D eigenvalue weighted by Gasteiger charge is 2.26. The van der Waals surface area contributed by atoms with E-state index in [0.29, 0.717) is 0 Å². The van der Waals surface area contributed by atoms with Crippen LogP contribution in [0.1, 0.15) is 5.56 Å². The Hall–Kier alpha value is -1.45. The summed E-state index contributed by atoms with van der Waals surface area (Å²) in [6.45, 7) is 3.05. The molecule has 0 saturated heterocycles. The van der Waals surface area contributed by atoms with Gasteiger partial charge in [0.25, 0.3) is 0 Å². The van der Waals surface area contributed by atoms with Crippen LogP contribution in [0.2, 0.25) is 0 Å². The molecule has 2 aromatic carbocycles. The molecule has 3 heteroatoms. The molecule has 2 heterocycles. The number of rotatable bonds is 0. The smallest absolute Gasteiger partial charge is 0.0598 e. The fourth-order valence-corrected chi connectivity index (χ4v) is 3.90. The van der Waals surface area contributed by atoms with Crippen LogP contribution in [-0.2, 0) is 6.54 Å². The topological polar surface area (TPSA) is 15.3 Å². The van der Waals surface area contributed by atoms with Gasteiger partial charge >= 0.3 is 0 Å². The van der Waals surface area contributed by atoms with Gasteiger partial charge in [0, 0.05) is 29.4 Å². The van der Waals surface area contributed by atoms with Gasteiger partial charge in [0.15, 0.2) is 0 Å². The summed E-state index contributed by atoms with van der Waals surface area (Å²) in [7, 11) is 0. The molecular formula is C15H14N2S. The Bertz CT molecular complexity index is 609. The van der Waals surface area contributed by atoms with Crippen molar-refractivity contribution in [3.05, 3.63) is 48.0 Å². The van der Waals surface area contributed by atoms with E-state index in [9.17, 15) is 0 Å². The molecule has 0 radical (unpaired) electrons. The van der Waals surface area contributed by atoms with Crippen LogP contribution in [0.4, 0.5) is 11.4 Å². The lowest BCUT2D eigenvalue weighted by molar-refractivity contribution is 0.711. The van der Waals surface area contributed by atoms with Gasteiger partial charge in [-0.05, 0) is 23.8 Å². The summed E-state index contributed by atoms with van der Waals surface area (Å²) in [5.41, 5.74) is 4.17. The first kappa shape index (κ1) is 10.5. The van der Waals surface area contributed by atoms with E-state index >= 15 is 0 Å². The molecule has 0 amide bonds. The lowest BCUT2D eigenvalue weighted by Crippen LogP contribution is -2.26. The molecule has 0 aliphatic carbocycles. The van der Waals surface area contributed by atoms with Crippen LogP contribution in [0.15, 0.2) is 52.3 Å². The highest BCUT2D eigenvalue weighted by molar-refractivity contribution is 7.99. The Kier molecular flexibility index (Phi) is 2.35. The zero-order valence-electron chi connectivity index (χ0n) is 10.0. The van der Waals surface area contributed by atoms with Crippen molar-refractivity contribution in [1.82, 2.24) is 5.32 Å². The van der Waals surface area contributed by atoms with Gasteiger partial charge in [-0.15, -0.1) is 0 Å². The number of nitrogens with one attached hydrogen (secondary N) is 1. The van der Waals surface area contributed by atoms with Crippen LogP contribution in [0.25, 0.3) is 0 Å². The maximum absolute atomic E-state index is 3.50. The normalized spacial score (nSPS) is 16.8. The van der Waals surface area contributed by atoms with Crippen LogP contribution in [0, 0.1) is 0 Å². The zero-order chi connectivity index (χ0) is 11.9. The summed E-state index contributed by atoms with van der Waals surface area (Å²) in [6.07, 6.45) is 0. The summed E-state index contributed by atoms with van der Waals surface area (Å²) in [5.74, 6) is 0. The van der Waals surface area contributed by atoms with Gasteiger partial charge in [-0.25, -0.2) is 0 Å². The highest BCUT2D eigenvalue weighted by Crippen LogP contribution is 2.49. The molecule has 90 valence electrons. The molecule has 2 aromatic rings. The lowest BCUT2D eigenvalue weighted by Gasteiger charge is -2.32. The van der Waals surface area contributed by atoms with Crippen molar-refractivity contribution < 1.29 is 0 Å². The van der Waals surface area contributed by atoms with E-state index in [1.807, 2.05) is 11.8 Å². The van der Waals surface area contributed by atoms with Gasteiger partial charge in [-0.1, -0.05) is 36.0 Å². The first-order valence-corrected chi connectivity index (χ1v) is 7.12. The third-order valence-corrected chi connectivity index (χ3v) is 4.67. The number of hydrogen-bond donors (Lipinski definition) is 1. The van der Waals surface area contributed by atoms with Crippen molar-refractivity contribution in [2.75, 3.05) is 18.0 Å². The maximum atomic E-state index is 3.50. The van der Waals surface area contributed by atoms with Gasteiger partial charge in [-0.2, -0.15) is 0 Å². The van der Waals surface area contributed by atoms with Crippen LogP contribution in [0.5, 0.6) is 0 Å². The third-order valence-electron chi connectivity index (χ3n) is 3.56. The van der Waals surface area contributed by atoms with E-state index in [0.717, 1.165) is 19.6 Å². The van der Waals surface area contributed by atoms with E-state index in [1.165, 1.54) is 26.7 Å². The molecule has 0 unspecified atom stereocenters. The van der Waals surface area contributed by atoms with Crippen LogP contribution in [0.3, 0.4) is 0 Å². The molecule has 2 aliphatic heterocycles. The van der Waals surface area contributed by atoms with E-state index < -0.39 is 0 Å². The van der Waals surface area contributed by atoms with Gasteiger partial charge < -0.3 is 10.2 Å². The average Bonchev–Trinajstić information content (AvgIpc) is 2.63. The fourth-order valence-electron chi connectivity index (χ4n) is 2.75. The molecule has 0 atom stereocenters. The number of hydrogen-bond acceptors (Lipinski definition) is 3. The van der Waals surface area contributed by atoms with Crippen LogP contribution in [-0.4, -0.2) is 13.1 Å². The molecule has 0 saturated carbocycles. The molecule has 0 spiro atoms. The molecule has 2 aliphatic rings. The van der Waals surface area contributed by atoms with Crippen LogP contribution < -0.4 is 10.2 Å². The minimum Gasteiger partial charge on any atom is -0.338 e. The summed E-state index contributed by atoms with van der Waals surface area (Å²) in [4.78, 5) is 5.22. The average molecular weight is 254 g/mol. The van der Waals surface area contributed by atoms with E-state index in [-0.39, 0.29) is 0 Å². The fraction of sp³-hybridized carbons (Fsp3) is 0.200. The maximum Gasteiger partial charge on any atom is 0.0598 e. The quantitative estimate of drug-likeness (QED) is 0.775. The molecule has 0 fully saturated rings. The van der Waals surface area contributed by atoms with E-state index in [4.69, 9.17) is 0 Å². The van der Waals surface area contributed by atoms with Crippen molar-refractivity contribution in [2.45, 2.75) is 16.3 Å². The second kappa shape index (κ2) is 4.04. The predicted octanol–water partition coefficient (Wildman–Crippen LogP) is 3.39. The number of fused-ring (bicyclic) bond motifs is 2. The number of benzene rings is 2. The Morgan fingerprint density at radius 1 is 1.00 bits per heavy atom. The molecule has 18 heavy (non-hydrogen) atoms. The van der Waals surface area contributed by atoms with Crippen molar-refractivity contribution in [3.8, 4) is 0 Å². The summed E-state index contributed by atoms with van der Waals surface area (Å²) >= 11 is 1.89. The second-order valence-electron chi connectivity index (χ2n) is 4.66. The summed E-state index contributed by atoms with van der Waals surface area (Å²) in [6, 6.07) is 15.3. The molecule has 0 aromatic heterocycles. The lowest BCUT2D eigenvalue weighted by atomic mass is 10.1. The van der Waals surface area contributed by atoms with Gasteiger partial charge in [-0.3, -0.25) is 0 Å². The SMILES string of the molecule is c1ccc2c(c1)Sc1cccc3c1N2CCNC3. The summed E-state index contributed by atoms with van der Waals surface area (Å²) in [5, 5.41) is 3.50. The summed E-state index contributed by atoms with van der Waals surface area (Å²) < 4.78 is 0. The van der Waals surface area contributed by atoms with Crippen molar-refractivity contribution in [1.29, 1.82) is 0 Å². The van der Waals surface area contributed by atoms with E-state index in [1.54, 1.807) is 0 Å². The Morgan fingerprint density at radius 2 is 1.89 bits per heavy atom. The molecule has 2 nitrogen and oxygen atoms in total. The van der Waals surface area contributed by atoms with Crippen molar-refractivity contribution in [2.24, 2.45) is 0 Å². The Labute approximate surface area is 111 Å². The molecule has 4 rings (SSSR count).